The molecule has 3 aromatic rings. The SMILES string of the molecule is C[C@@H]1CN([C@H](C)CO)C(=O)c2cc(NC(=O)Nc3ccc(C(F)(F)F)cc3)ccc2O[C@H]1CN(C)S(=O)(=O)c1ccccc1. The molecule has 0 aliphatic carbocycles. The molecule has 3 N–H and O–H groups in total. The van der Waals surface area contributed by atoms with E-state index in [1.165, 1.54) is 46.6 Å². The smallest absolute Gasteiger partial charge is 0.416 e. The highest BCUT2D eigenvalue weighted by atomic mass is 32.2. The molecule has 0 fully saturated rings. The van der Waals surface area contributed by atoms with Crippen LogP contribution in [0.15, 0.2) is 77.7 Å². The number of amides is 3. The van der Waals surface area contributed by atoms with E-state index in [0.717, 1.165) is 24.3 Å². The number of anilines is 2. The highest BCUT2D eigenvalue weighted by Crippen LogP contribution is 2.32. The zero-order valence-electron chi connectivity index (χ0n) is 24.2. The second kappa shape index (κ2) is 13.2. The lowest BCUT2D eigenvalue weighted by atomic mass is 9.99. The number of carbonyl (C=O) groups excluding carboxylic acids is 2. The van der Waals surface area contributed by atoms with Gasteiger partial charge in [-0.3, -0.25) is 4.79 Å². The fraction of sp³-hybridized carbons (Fsp3) is 0.333. The number of benzene rings is 3. The van der Waals surface area contributed by atoms with Crippen LogP contribution in [-0.2, 0) is 16.2 Å². The van der Waals surface area contributed by atoms with E-state index in [-0.39, 0.29) is 53.2 Å². The Bertz CT molecular complexity index is 1590. The molecular formula is C30H33F3N4O6S. The minimum atomic E-state index is -4.51. The number of halogens is 3. The van der Waals surface area contributed by atoms with Crippen molar-refractivity contribution in [2.45, 2.75) is 37.1 Å². The second-order valence-corrected chi connectivity index (χ2v) is 12.6. The van der Waals surface area contributed by atoms with Crippen LogP contribution in [0, 0.1) is 5.92 Å². The topological polar surface area (TPSA) is 128 Å². The van der Waals surface area contributed by atoms with Gasteiger partial charge in [0.2, 0.25) is 10.0 Å². The van der Waals surface area contributed by atoms with E-state index in [1.54, 1.807) is 25.1 Å². The normalized spacial score (nSPS) is 18.1. The molecule has 14 heteroatoms. The van der Waals surface area contributed by atoms with Gasteiger partial charge in [-0.2, -0.15) is 17.5 Å². The molecule has 236 valence electrons. The van der Waals surface area contributed by atoms with E-state index < -0.39 is 45.8 Å². The van der Waals surface area contributed by atoms with Crippen molar-refractivity contribution in [1.29, 1.82) is 0 Å². The van der Waals surface area contributed by atoms with Gasteiger partial charge in [0.25, 0.3) is 5.91 Å². The Hall–Kier alpha value is -4.14. The number of aliphatic hydroxyl groups is 1. The Labute approximate surface area is 253 Å². The predicted octanol–water partition coefficient (Wildman–Crippen LogP) is 4.89. The maximum atomic E-state index is 13.7. The third-order valence-corrected chi connectivity index (χ3v) is 9.12. The summed E-state index contributed by atoms with van der Waals surface area (Å²) in [5.41, 5.74) is -0.476. The Morgan fingerprint density at radius 1 is 1.07 bits per heavy atom. The summed E-state index contributed by atoms with van der Waals surface area (Å²) in [6.45, 7) is 3.28. The first kappa shape index (κ1) is 32.8. The van der Waals surface area contributed by atoms with E-state index in [2.05, 4.69) is 10.6 Å². The summed E-state index contributed by atoms with van der Waals surface area (Å²) in [7, 11) is -2.39. The van der Waals surface area contributed by atoms with Crippen LogP contribution in [0.25, 0.3) is 0 Å². The Morgan fingerprint density at radius 3 is 2.30 bits per heavy atom. The summed E-state index contributed by atoms with van der Waals surface area (Å²) in [5.74, 6) is -0.661. The molecular weight excluding hydrogens is 601 g/mol. The Balaban J connectivity index is 1.58. The number of nitrogens with one attached hydrogen (secondary N) is 2. The third kappa shape index (κ3) is 7.49. The molecule has 0 saturated carbocycles. The molecule has 10 nitrogen and oxygen atoms in total. The van der Waals surface area contributed by atoms with Crippen LogP contribution >= 0.6 is 0 Å². The molecule has 3 atom stereocenters. The van der Waals surface area contributed by atoms with Crippen molar-refractivity contribution in [3.05, 3.63) is 83.9 Å². The highest BCUT2D eigenvalue weighted by molar-refractivity contribution is 7.89. The maximum Gasteiger partial charge on any atom is 0.416 e. The van der Waals surface area contributed by atoms with Crippen molar-refractivity contribution in [2.24, 2.45) is 5.92 Å². The number of alkyl halides is 3. The van der Waals surface area contributed by atoms with Gasteiger partial charge >= 0.3 is 12.2 Å². The number of urea groups is 1. The molecule has 1 aliphatic rings. The fourth-order valence-electron chi connectivity index (χ4n) is 4.68. The third-order valence-electron chi connectivity index (χ3n) is 7.28. The number of carbonyl (C=O) groups is 2. The largest absolute Gasteiger partial charge is 0.488 e. The van der Waals surface area contributed by atoms with Crippen molar-refractivity contribution >= 4 is 33.3 Å². The Morgan fingerprint density at radius 2 is 1.68 bits per heavy atom. The van der Waals surface area contributed by atoms with Crippen molar-refractivity contribution in [3.63, 3.8) is 0 Å². The van der Waals surface area contributed by atoms with Gasteiger partial charge in [-0.05, 0) is 61.5 Å². The number of hydrogen-bond acceptors (Lipinski definition) is 6. The molecule has 1 heterocycles. The first-order valence-electron chi connectivity index (χ1n) is 13.7. The van der Waals surface area contributed by atoms with Crippen LogP contribution in [0.4, 0.5) is 29.3 Å². The molecule has 0 radical (unpaired) electrons. The lowest BCUT2D eigenvalue weighted by molar-refractivity contribution is -0.137. The summed E-state index contributed by atoms with van der Waals surface area (Å²) < 4.78 is 72.3. The molecule has 3 amide bonds. The monoisotopic (exact) mass is 634 g/mol. The summed E-state index contributed by atoms with van der Waals surface area (Å²) in [5, 5.41) is 14.9. The van der Waals surface area contributed by atoms with Crippen LogP contribution in [0.2, 0.25) is 0 Å². The highest BCUT2D eigenvalue weighted by Gasteiger charge is 2.35. The quantitative estimate of drug-likeness (QED) is 0.324. The van der Waals surface area contributed by atoms with Gasteiger partial charge in [-0.25, -0.2) is 13.2 Å². The summed E-state index contributed by atoms with van der Waals surface area (Å²) in [6.07, 6.45) is -5.21. The van der Waals surface area contributed by atoms with E-state index >= 15 is 0 Å². The maximum absolute atomic E-state index is 13.7. The van der Waals surface area contributed by atoms with Crippen molar-refractivity contribution in [1.82, 2.24) is 9.21 Å². The van der Waals surface area contributed by atoms with Gasteiger partial charge in [0.05, 0.1) is 35.2 Å². The van der Waals surface area contributed by atoms with Crippen LogP contribution in [0.5, 0.6) is 5.75 Å². The average Bonchev–Trinajstić information content (AvgIpc) is 2.99. The van der Waals surface area contributed by atoms with E-state index in [9.17, 15) is 36.3 Å². The van der Waals surface area contributed by atoms with Crippen molar-refractivity contribution < 1.29 is 41.0 Å². The van der Waals surface area contributed by atoms with Crippen LogP contribution < -0.4 is 15.4 Å². The molecule has 0 unspecified atom stereocenters. The minimum Gasteiger partial charge on any atom is -0.488 e. The average molecular weight is 635 g/mol. The lowest BCUT2D eigenvalue weighted by Crippen LogP contribution is -2.50. The van der Waals surface area contributed by atoms with Crippen molar-refractivity contribution in [3.8, 4) is 5.75 Å². The number of hydrogen-bond donors (Lipinski definition) is 3. The van der Waals surface area contributed by atoms with Gasteiger partial charge in [-0.15, -0.1) is 0 Å². The van der Waals surface area contributed by atoms with Gasteiger partial charge in [0.15, 0.2) is 0 Å². The molecule has 44 heavy (non-hydrogen) atoms. The van der Waals surface area contributed by atoms with Crippen LogP contribution in [0.1, 0.15) is 29.8 Å². The summed E-state index contributed by atoms with van der Waals surface area (Å²) in [6, 6.07) is 14.9. The lowest BCUT2D eigenvalue weighted by Gasteiger charge is -2.38. The molecule has 1 aliphatic heterocycles. The molecule has 0 spiro atoms. The van der Waals surface area contributed by atoms with Crippen LogP contribution in [0.3, 0.4) is 0 Å². The first-order valence-corrected chi connectivity index (χ1v) is 15.1. The number of likely N-dealkylation sites (N-methyl/N-ethyl adjacent to an activating group) is 1. The molecule has 0 aromatic heterocycles. The summed E-state index contributed by atoms with van der Waals surface area (Å²) >= 11 is 0. The zero-order chi connectivity index (χ0) is 32.2. The Kier molecular flexibility index (Phi) is 9.86. The van der Waals surface area contributed by atoms with Crippen molar-refractivity contribution in [2.75, 3.05) is 37.4 Å². The number of aliphatic hydroxyl groups excluding tert-OH is 1. The first-order chi connectivity index (χ1) is 20.7. The predicted molar refractivity (Wildman–Crippen MR) is 158 cm³/mol. The standard InChI is InChI=1S/C30H33F3N4O6S/c1-19-16-37(20(2)18-38)28(39)25-15-23(35-29(40)34-22-11-9-21(10-12-22)30(31,32)33)13-14-26(25)43-27(19)17-36(3)44(41,42)24-7-5-4-6-8-24/h4-15,19-20,27,38H,16-18H2,1-3H3,(H2,34,35,40)/t19-,20-,27+/m1/s1. The number of sulfonamides is 1. The van der Waals surface area contributed by atoms with E-state index in [0.29, 0.717) is 0 Å². The van der Waals surface area contributed by atoms with Gasteiger partial charge < -0.3 is 25.4 Å². The van der Waals surface area contributed by atoms with Gasteiger partial charge in [0.1, 0.15) is 11.9 Å². The summed E-state index contributed by atoms with van der Waals surface area (Å²) in [4.78, 5) is 27.9. The zero-order valence-corrected chi connectivity index (χ0v) is 25.0. The molecule has 4 rings (SSSR count). The fourth-order valence-corrected chi connectivity index (χ4v) is 5.88. The molecule has 0 bridgehead atoms. The van der Waals surface area contributed by atoms with E-state index in [1.807, 2.05) is 6.92 Å². The number of fused-ring (bicyclic) bond motifs is 1. The van der Waals surface area contributed by atoms with E-state index in [4.69, 9.17) is 4.74 Å². The number of ether oxygens (including phenoxy) is 1. The van der Waals surface area contributed by atoms with Crippen LogP contribution in [-0.4, -0.2) is 73.6 Å². The minimum absolute atomic E-state index is 0.0388. The number of rotatable bonds is 8. The molecule has 0 saturated heterocycles. The number of nitrogens with zero attached hydrogens (tertiary/aromatic N) is 2. The molecule has 3 aromatic carbocycles. The van der Waals surface area contributed by atoms with Gasteiger partial charge in [-0.1, -0.05) is 25.1 Å². The second-order valence-electron chi connectivity index (χ2n) is 10.6. The van der Waals surface area contributed by atoms with Gasteiger partial charge in [0, 0.05) is 30.9 Å².